The van der Waals surface area contributed by atoms with E-state index in [0.717, 1.165) is 25.3 Å². The maximum absolute atomic E-state index is 9.34. The SMILES string of the molecule is CN1CCCC(C(C#N)c2nccn2C)C1. The third-order valence-corrected chi connectivity index (χ3v) is 3.41. The van der Waals surface area contributed by atoms with E-state index >= 15 is 0 Å². The van der Waals surface area contributed by atoms with Crippen LogP contribution >= 0.6 is 0 Å². The van der Waals surface area contributed by atoms with Gasteiger partial charge in [-0.3, -0.25) is 0 Å². The molecule has 0 aliphatic carbocycles. The highest BCUT2D eigenvalue weighted by atomic mass is 15.1. The lowest BCUT2D eigenvalue weighted by atomic mass is 9.86. The molecule has 1 aliphatic rings. The fourth-order valence-electron chi connectivity index (χ4n) is 2.53. The molecule has 2 atom stereocenters. The molecule has 1 saturated heterocycles. The summed E-state index contributed by atoms with van der Waals surface area (Å²) in [6.45, 7) is 2.15. The van der Waals surface area contributed by atoms with Crippen LogP contribution < -0.4 is 0 Å². The van der Waals surface area contributed by atoms with Crippen LogP contribution in [-0.4, -0.2) is 34.6 Å². The normalized spacial score (nSPS) is 23.9. The Labute approximate surface area is 96.5 Å². The first-order chi connectivity index (χ1) is 7.72. The molecule has 2 unspecified atom stereocenters. The molecule has 4 heteroatoms. The Bertz CT molecular complexity index is 390. The van der Waals surface area contributed by atoms with Gasteiger partial charge < -0.3 is 9.47 Å². The van der Waals surface area contributed by atoms with E-state index in [1.165, 1.54) is 6.42 Å². The van der Waals surface area contributed by atoms with Crippen LogP contribution in [0.4, 0.5) is 0 Å². The predicted octanol–water partition coefficient (Wildman–Crippen LogP) is 1.37. The second-order valence-corrected chi connectivity index (χ2v) is 4.67. The lowest BCUT2D eigenvalue weighted by Crippen LogP contribution is -2.35. The zero-order valence-electron chi connectivity index (χ0n) is 9.93. The molecular weight excluding hydrogens is 200 g/mol. The zero-order chi connectivity index (χ0) is 11.5. The molecule has 0 aromatic carbocycles. The highest BCUT2D eigenvalue weighted by molar-refractivity contribution is 5.13. The molecule has 1 fully saturated rings. The van der Waals surface area contributed by atoms with E-state index in [1.54, 1.807) is 6.20 Å². The van der Waals surface area contributed by atoms with Gasteiger partial charge in [0.1, 0.15) is 11.7 Å². The maximum Gasteiger partial charge on any atom is 0.126 e. The number of nitriles is 1. The van der Waals surface area contributed by atoms with Gasteiger partial charge in [0.15, 0.2) is 0 Å². The van der Waals surface area contributed by atoms with Gasteiger partial charge >= 0.3 is 0 Å². The van der Waals surface area contributed by atoms with Crippen molar-refractivity contribution in [1.29, 1.82) is 5.26 Å². The molecular formula is C12H18N4. The Hall–Kier alpha value is -1.34. The van der Waals surface area contributed by atoms with Crippen LogP contribution in [0.1, 0.15) is 24.6 Å². The third kappa shape index (κ3) is 2.10. The Morgan fingerprint density at radius 2 is 2.38 bits per heavy atom. The number of aromatic nitrogens is 2. The van der Waals surface area contributed by atoms with Crippen molar-refractivity contribution in [3.63, 3.8) is 0 Å². The molecule has 4 nitrogen and oxygen atoms in total. The summed E-state index contributed by atoms with van der Waals surface area (Å²) in [4.78, 5) is 6.62. The van der Waals surface area contributed by atoms with Gasteiger partial charge in [-0.2, -0.15) is 5.26 Å². The minimum atomic E-state index is -0.0669. The molecule has 0 spiro atoms. The Morgan fingerprint density at radius 3 is 2.94 bits per heavy atom. The number of imidazole rings is 1. The lowest BCUT2D eigenvalue weighted by molar-refractivity contribution is 0.197. The van der Waals surface area contributed by atoms with E-state index in [1.807, 2.05) is 17.8 Å². The number of rotatable bonds is 2. The summed E-state index contributed by atoms with van der Waals surface area (Å²) < 4.78 is 1.96. The molecule has 1 aromatic rings. The first-order valence-corrected chi connectivity index (χ1v) is 5.77. The van der Waals surface area contributed by atoms with Gasteiger partial charge in [-0.15, -0.1) is 0 Å². The van der Waals surface area contributed by atoms with Crippen LogP contribution in [0.5, 0.6) is 0 Å². The van der Waals surface area contributed by atoms with Crippen molar-refractivity contribution in [3.05, 3.63) is 18.2 Å². The van der Waals surface area contributed by atoms with E-state index in [9.17, 15) is 5.26 Å². The third-order valence-electron chi connectivity index (χ3n) is 3.41. The highest BCUT2D eigenvalue weighted by Gasteiger charge is 2.29. The summed E-state index contributed by atoms with van der Waals surface area (Å²) >= 11 is 0. The number of piperidine rings is 1. The minimum Gasteiger partial charge on any atom is -0.337 e. The molecule has 0 N–H and O–H groups in total. The largest absolute Gasteiger partial charge is 0.337 e. The molecule has 1 aromatic heterocycles. The summed E-state index contributed by atoms with van der Waals surface area (Å²) in [6.07, 6.45) is 6.00. The summed E-state index contributed by atoms with van der Waals surface area (Å²) in [5, 5.41) is 9.34. The van der Waals surface area contributed by atoms with Crippen LogP contribution in [0.3, 0.4) is 0 Å². The van der Waals surface area contributed by atoms with Crippen LogP contribution in [0.2, 0.25) is 0 Å². The number of hydrogen-bond donors (Lipinski definition) is 0. The number of hydrogen-bond acceptors (Lipinski definition) is 3. The fraction of sp³-hybridized carbons (Fsp3) is 0.667. The van der Waals surface area contributed by atoms with E-state index in [0.29, 0.717) is 5.92 Å². The average molecular weight is 218 g/mol. The van der Waals surface area contributed by atoms with Crippen molar-refractivity contribution < 1.29 is 0 Å². The number of nitrogens with zero attached hydrogens (tertiary/aromatic N) is 4. The fourth-order valence-corrected chi connectivity index (χ4v) is 2.53. The molecule has 2 heterocycles. The quantitative estimate of drug-likeness (QED) is 0.753. The summed E-state index contributed by atoms with van der Waals surface area (Å²) in [5.74, 6) is 1.26. The zero-order valence-corrected chi connectivity index (χ0v) is 9.93. The molecule has 0 radical (unpaired) electrons. The van der Waals surface area contributed by atoms with E-state index in [-0.39, 0.29) is 5.92 Å². The van der Waals surface area contributed by atoms with Gasteiger partial charge in [-0.05, 0) is 32.4 Å². The Balaban J connectivity index is 2.17. The average Bonchev–Trinajstić information content (AvgIpc) is 2.67. The summed E-state index contributed by atoms with van der Waals surface area (Å²) in [5.41, 5.74) is 0. The molecule has 16 heavy (non-hydrogen) atoms. The van der Waals surface area contributed by atoms with Crippen LogP contribution in [-0.2, 0) is 7.05 Å². The summed E-state index contributed by atoms with van der Waals surface area (Å²) in [6, 6.07) is 2.43. The van der Waals surface area contributed by atoms with Gasteiger partial charge in [0.25, 0.3) is 0 Å². The molecule has 86 valence electrons. The van der Waals surface area contributed by atoms with Gasteiger partial charge in [0, 0.05) is 26.0 Å². The van der Waals surface area contributed by atoms with Gasteiger partial charge in [0.2, 0.25) is 0 Å². The van der Waals surface area contributed by atoms with Crippen LogP contribution in [0.25, 0.3) is 0 Å². The monoisotopic (exact) mass is 218 g/mol. The molecule has 0 bridgehead atoms. The van der Waals surface area contributed by atoms with Crippen LogP contribution in [0.15, 0.2) is 12.4 Å². The molecule has 0 saturated carbocycles. The Morgan fingerprint density at radius 1 is 1.56 bits per heavy atom. The van der Waals surface area contributed by atoms with Crippen molar-refractivity contribution in [1.82, 2.24) is 14.5 Å². The molecule has 2 rings (SSSR count). The first-order valence-electron chi connectivity index (χ1n) is 5.77. The van der Waals surface area contributed by atoms with Crippen molar-refractivity contribution in [3.8, 4) is 6.07 Å². The number of likely N-dealkylation sites (tertiary alicyclic amines) is 1. The minimum absolute atomic E-state index is 0.0669. The van der Waals surface area contributed by atoms with Crippen molar-refractivity contribution in [2.45, 2.75) is 18.8 Å². The topological polar surface area (TPSA) is 44.9 Å². The highest BCUT2D eigenvalue weighted by Crippen LogP contribution is 2.29. The smallest absolute Gasteiger partial charge is 0.126 e. The lowest BCUT2D eigenvalue weighted by Gasteiger charge is -2.31. The second-order valence-electron chi connectivity index (χ2n) is 4.67. The summed E-state index contributed by atoms with van der Waals surface area (Å²) in [7, 11) is 4.08. The molecule has 0 amide bonds. The number of aryl methyl sites for hydroxylation is 1. The standard InChI is InChI=1S/C12H18N4/c1-15-6-3-4-10(9-15)11(8-13)12-14-5-7-16(12)2/h5,7,10-11H,3-4,6,9H2,1-2H3. The second kappa shape index (κ2) is 4.67. The van der Waals surface area contributed by atoms with Gasteiger partial charge in [-0.25, -0.2) is 4.98 Å². The van der Waals surface area contributed by atoms with Crippen molar-refractivity contribution >= 4 is 0 Å². The van der Waals surface area contributed by atoms with Crippen LogP contribution in [0, 0.1) is 17.2 Å². The Kier molecular flexibility index (Phi) is 3.25. The van der Waals surface area contributed by atoms with E-state index in [4.69, 9.17) is 0 Å². The molecule has 1 aliphatic heterocycles. The van der Waals surface area contributed by atoms with Gasteiger partial charge in [-0.1, -0.05) is 0 Å². The van der Waals surface area contributed by atoms with Crippen molar-refractivity contribution in [2.75, 3.05) is 20.1 Å². The van der Waals surface area contributed by atoms with E-state index in [2.05, 4.69) is 23.0 Å². The van der Waals surface area contributed by atoms with E-state index < -0.39 is 0 Å². The van der Waals surface area contributed by atoms with Crippen molar-refractivity contribution in [2.24, 2.45) is 13.0 Å². The predicted molar refractivity (Wildman–Crippen MR) is 61.8 cm³/mol. The first kappa shape index (κ1) is 11.2. The maximum atomic E-state index is 9.34. The van der Waals surface area contributed by atoms with Gasteiger partial charge in [0.05, 0.1) is 6.07 Å².